The van der Waals surface area contributed by atoms with E-state index < -0.39 is 18.3 Å². The molecule has 0 saturated heterocycles. The van der Waals surface area contributed by atoms with Crippen molar-refractivity contribution in [3.8, 4) is 0 Å². The van der Waals surface area contributed by atoms with E-state index in [0.717, 1.165) is 5.56 Å². The van der Waals surface area contributed by atoms with Gasteiger partial charge < -0.3 is 5.11 Å². The summed E-state index contributed by atoms with van der Waals surface area (Å²) in [5.74, 6) is -1.77. The van der Waals surface area contributed by atoms with E-state index >= 15 is 0 Å². The number of carbonyl (C=O) groups is 1. The van der Waals surface area contributed by atoms with Crippen molar-refractivity contribution in [3.63, 3.8) is 0 Å². The number of hydrogen-bond donors (Lipinski definition) is 1. The third-order valence-electron chi connectivity index (χ3n) is 2.57. The molecule has 1 rings (SSSR count). The Bertz CT molecular complexity index is 389. The molecule has 1 atom stereocenters. The normalized spacial score (nSPS) is 12.8. The zero-order chi connectivity index (χ0) is 12.3. The lowest BCUT2D eigenvalue weighted by molar-refractivity contribution is -0.138. The highest BCUT2D eigenvalue weighted by Gasteiger charge is 2.17. The van der Waals surface area contributed by atoms with Gasteiger partial charge in [-0.2, -0.15) is 0 Å². The number of halogens is 2. The van der Waals surface area contributed by atoms with Gasteiger partial charge in [-0.1, -0.05) is 19.1 Å². The number of alkyl halides is 2. The highest BCUT2D eigenvalue weighted by Crippen LogP contribution is 2.26. The van der Waals surface area contributed by atoms with Crippen molar-refractivity contribution in [2.75, 3.05) is 0 Å². The van der Waals surface area contributed by atoms with Gasteiger partial charge in [-0.3, -0.25) is 4.79 Å². The molecule has 0 aromatic heterocycles. The van der Waals surface area contributed by atoms with Gasteiger partial charge in [-0.25, -0.2) is 8.78 Å². The fourth-order valence-corrected chi connectivity index (χ4v) is 1.47. The van der Waals surface area contributed by atoms with Gasteiger partial charge in [0.1, 0.15) is 0 Å². The van der Waals surface area contributed by atoms with E-state index in [9.17, 15) is 13.6 Å². The molecule has 0 heterocycles. The van der Waals surface area contributed by atoms with Crippen LogP contribution in [0.2, 0.25) is 0 Å². The van der Waals surface area contributed by atoms with Crippen molar-refractivity contribution in [1.82, 2.24) is 0 Å². The second-order valence-electron chi connectivity index (χ2n) is 3.72. The van der Waals surface area contributed by atoms with Gasteiger partial charge in [0, 0.05) is 5.56 Å². The second-order valence-corrected chi connectivity index (χ2v) is 3.72. The Morgan fingerprint density at radius 3 is 2.31 bits per heavy atom. The van der Waals surface area contributed by atoms with E-state index in [1.165, 1.54) is 19.1 Å². The first-order valence-corrected chi connectivity index (χ1v) is 5.10. The van der Waals surface area contributed by atoms with Gasteiger partial charge in [0.15, 0.2) is 0 Å². The van der Waals surface area contributed by atoms with Crippen molar-refractivity contribution < 1.29 is 18.7 Å². The number of carboxylic acid groups (broad SMARTS) is 1. The van der Waals surface area contributed by atoms with E-state index in [1.807, 2.05) is 6.92 Å². The van der Waals surface area contributed by atoms with Crippen LogP contribution in [0.5, 0.6) is 0 Å². The fraction of sp³-hybridized carbons (Fsp3) is 0.417. The molecule has 88 valence electrons. The molecule has 0 radical (unpaired) electrons. The Hall–Kier alpha value is -1.45. The minimum Gasteiger partial charge on any atom is -0.481 e. The number of benzene rings is 1. The van der Waals surface area contributed by atoms with E-state index in [1.54, 1.807) is 6.07 Å². The Morgan fingerprint density at radius 1 is 1.31 bits per heavy atom. The van der Waals surface area contributed by atoms with Gasteiger partial charge in [0.2, 0.25) is 0 Å². The zero-order valence-electron chi connectivity index (χ0n) is 9.21. The summed E-state index contributed by atoms with van der Waals surface area (Å²) in [6, 6.07) is 4.36. The quantitative estimate of drug-likeness (QED) is 0.857. The van der Waals surface area contributed by atoms with E-state index in [2.05, 4.69) is 0 Å². The average Bonchev–Trinajstić information content (AvgIpc) is 2.27. The predicted molar refractivity (Wildman–Crippen MR) is 56.8 cm³/mol. The third-order valence-corrected chi connectivity index (χ3v) is 2.57. The number of rotatable bonds is 4. The molecule has 0 aliphatic carbocycles. The van der Waals surface area contributed by atoms with Crippen LogP contribution >= 0.6 is 0 Å². The second kappa shape index (κ2) is 5.05. The van der Waals surface area contributed by atoms with Gasteiger partial charge in [0.05, 0.1) is 5.92 Å². The van der Waals surface area contributed by atoms with Gasteiger partial charge in [0.25, 0.3) is 6.43 Å². The van der Waals surface area contributed by atoms with Gasteiger partial charge in [-0.05, 0) is 30.5 Å². The molecule has 0 amide bonds. The molecule has 0 aliphatic heterocycles. The molecular formula is C12H14F2O2. The minimum absolute atomic E-state index is 0.109. The van der Waals surface area contributed by atoms with Crippen molar-refractivity contribution in [3.05, 3.63) is 34.9 Å². The predicted octanol–water partition coefficient (Wildman–Crippen LogP) is 3.37. The Balaban J connectivity index is 3.18. The maximum atomic E-state index is 12.6. The lowest BCUT2D eigenvalue weighted by Gasteiger charge is -2.11. The largest absolute Gasteiger partial charge is 0.481 e. The number of aryl methyl sites for hydroxylation is 1. The van der Waals surface area contributed by atoms with Crippen LogP contribution in [0.15, 0.2) is 18.2 Å². The topological polar surface area (TPSA) is 37.3 Å². The van der Waals surface area contributed by atoms with Gasteiger partial charge in [-0.15, -0.1) is 0 Å². The SMILES string of the molecule is CCc1cc(C(F)F)cc(C(C)C(=O)O)c1. The van der Waals surface area contributed by atoms with Crippen LogP contribution in [0.1, 0.15) is 42.9 Å². The molecule has 1 aromatic rings. The van der Waals surface area contributed by atoms with Crippen LogP contribution in [-0.4, -0.2) is 11.1 Å². The van der Waals surface area contributed by atoms with E-state index in [0.29, 0.717) is 12.0 Å². The molecule has 0 fully saturated rings. The molecule has 0 saturated carbocycles. The molecule has 0 aliphatic rings. The summed E-state index contributed by atoms with van der Waals surface area (Å²) in [5.41, 5.74) is 1.06. The van der Waals surface area contributed by atoms with E-state index in [4.69, 9.17) is 5.11 Å². The van der Waals surface area contributed by atoms with Crippen molar-refractivity contribution in [2.45, 2.75) is 32.6 Å². The van der Waals surface area contributed by atoms with Crippen LogP contribution in [0.25, 0.3) is 0 Å². The van der Waals surface area contributed by atoms with Crippen LogP contribution in [0.4, 0.5) is 8.78 Å². The first-order valence-electron chi connectivity index (χ1n) is 5.10. The van der Waals surface area contributed by atoms with Crippen LogP contribution < -0.4 is 0 Å². The maximum absolute atomic E-state index is 12.6. The van der Waals surface area contributed by atoms with Crippen LogP contribution in [-0.2, 0) is 11.2 Å². The summed E-state index contributed by atoms with van der Waals surface area (Å²) >= 11 is 0. The molecule has 1 unspecified atom stereocenters. The fourth-order valence-electron chi connectivity index (χ4n) is 1.47. The maximum Gasteiger partial charge on any atom is 0.310 e. The molecule has 4 heteroatoms. The Kier molecular flexibility index (Phi) is 3.99. The summed E-state index contributed by atoms with van der Waals surface area (Å²) in [4.78, 5) is 10.8. The molecule has 1 N–H and O–H groups in total. The lowest BCUT2D eigenvalue weighted by Crippen LogP contribution is -2.08. The molecular weight excluding hydrogens is 214 g/mol. The number of carboxylic acids is 1. The average molecular weight is 228 g/mol. The standard InChI is InChI=1S/C12H14F2O2/c1-3-8-4-9(7(2)12(15)16)6-10(5-8)11(13)14/h4-7,11H,3H2,1-2H3,(H,15,16). The van der Waals surface area contributed by atoms with Crippen molar-refractivity contribution in [2.24, 2.45) is 0 Å². The van der Waals surface area contributed by atoms with Crippen LogP contribution in [0.3, 0.4) is 0 Å². The molecule has 2 nitrogen and oxygen atoms in total. The summed E-state index contributed by atoms with van der Waals surface area (Å²) in [5, 5.41) is 8.84. The molecule has 16 heavy (non-hydrogen) atoms. The minimum atomic E-state index is -2.56. The highest BCUT2D eigenvalue weighted by atomic mass is 19.3. The third kappa shape index (κ3) is 2.78. The molecule has 0 bridgehead atoms. The Labute approximate surface area is 92.9 Å². The first-order chi connectivity index (χ1) is 7.45. The number of hydrogen-bond acceptors (Lipinski definition) is 1. The monoisotopic (exact) mass is 228 g/mol. The van der Waals surface area contributed by atoms with E-state index in [-0.39, 0.29) is 5.56 Å². The Morgan fingerprint density at radius 2 is 1.88 bits per heavy atom. The van der Waals surface area contributed by atoms with Crippen molar-refractivity contribution in [1.29, 1.82) is 0 Å². The first kappa shape index (κ1) is 12.6. The summed E-state index contributed by atoms with van der Waals surface area (Å²) in [6.07, 6.45) is -1.95. The summed E-state index contributed by atoms with van der Waals surface area (Å²) in [6.45, 7) is 3.34. The lowest BCUT2D eigenvalue weighted by atomic mass is 9.96. The molecule has 0 spiro atoms. The van der Waals surface area contributed by atoms with Gasteiger partial charge >= 0.3 is 5.97 Å². The smallest absolute Gasteiger partial charge is 0.310 e. The summed E-state index contributed by atoms with van der Waals surface area (Å²) < 4.78 is 25.2. The zero-order valence-corrected chi connectivity index (χ0v) is 9.21. The highest BCUT2D eigenvalue weighted by molar-refractivity contribution is 5.75. The molecule has 1 aromatic carbocycles. The van der Waals surface area contributed by atoms with Crippen molar-refractivity contribution >= 4 is 5.97 Å². The summed E-state index contributed by atoms with van der Waals surface area (Å²) in [7, 11) is 0. The number of aliphatic carboxylic acids is 1. The van der Waals surface area contributed by atoms with Crippen LogP contribution in [0, 0.1) is 0 Å².